The molecular weight excluding hydrogens is 422 g/mol. The largest absolute Gasteiger partial charge is 0.496 e. The quantitative estimate of drug-likeness (QED) is 0.441. The molecular formula is C23H29N7O3. The highest BCUT2D eigenvalue weighted by molar-refractivity contribution is 5.75. The van der Waals surface area contributed by atoms with E-state index in [4.69, 9.17) is 4.74 Å². The Hall–Kier alpha value is -3.69. The van der Waals surface area contributed by atoms with Crippen LogP contribution in [-0.4, -0.2) is 41.0 Å². The number of ether oxygens (including phenoxy) is 1. The van der Waals surface area contributed by atoms with Crippen LogP contribution < -0.4 is 16.0 Å². The number of hydrogen-bond acceptors (Lipinski definition) is 6. The van der Waals surface area contributed by atoms with Crippen LogP contribution >= 0.6 is 0 Å². The van der Waals surface area contributed by atoms with Crippen LogP contribution in [0.25, 0.3) is 22.6 Å². The first kappa shape index (κ1) is 22.5. The molecule has 4 aromatic heterocycles. The Kier molecular flexibility index (Phi) is 6.17. The van der Waals surface area contributed by atoms with Gasteiger partial charge in [-0.1, -0.05) is 13.8 Å². The minimum Gasteiger partial charge on any atom is -0.496 e. The fraction of sp³-hybridized carbons (Fsp3) is 0.435. The summed E-state index contributed by atoms with van der Waals surface area (Å²) in [6, 6.07) is 0. The predicted molar refractivity (Wildman–Crippen MR) is 126 cm³/mol. The number of nitrogens with zero attached hydrogens (tertiary/aromatic N) is 6. The van der Waals surface area contributed by atoms with Crippen molar-refractivity contribution < 1.29 is 4.74 Å². The highest BCUT2D eigenvalue weighted by Crippen LogP contribution is 2.25. The van der Waals surface area contributed by atoms with Crippen molar-refractivity contribution in [2.75, 3.05) is 7.11 Å². The molecule has 0 amide bonds. The Morgan fingerprint density at radius 3 is 2.48 bits per heavy atom. The van der Waals surface area contributed by atoms with Crippen LogP contribution in [0.5, 0.6) is 5.75 Å². The normalized spacial score (nSPS) is 11.4. The molecule has 0 saturated carbocycles. The van der Waals surface area contributed by atoms with Crippen molar-refractivity contribution in [2.45, 2.75) is 60.2 Å². The summed E-state index contributed by atoms with van der Waals surface area (Å²) in [5.74, 6) is 1.32. The number of H-pyrrole nitrogens is 1. The molecule has 0 aromatic carbocycles. The van der Waals surface area contributed by atoms with Gasteiger partial charge in [-0.05, 0) is 26.7 Å². The topological polar surface area (TPSA) is 113 Å². The number of rotatable bonds is 8. The first-order valence-corrected chi connectivity index (χ1v) is 11.1. The summed E-state index contributed by atoms with van der Waals surface area (Å²) in [6.07, 6.45) is 6.77. The molecule has 0 aliphatic carbocycles. The van der Waals surface area contributed by atoms with Crippen LogP contribution in [0.2, 0.25) is 0 Å². The van der Waals surface area contributed by atoms with E-state index in [0.29, 0.717) is 43.0 Å². The maximum Gasteiger partial charge on any atom is 0.332 e. The SMILES string of the molecule is CCCn1c(=O)c2[nH]c(-c3cnn(Cc4ncc(C)c(OC)c4C)c3)nc2n(CCC)c1=O. The lowest BCUT2D eigenvalue weighted by Gasteiger charge is -2.12. The minimum atomic E-state index is -0.345. The van der Waals surface area contributed by atoms with Gasteiger partial charge in [0.25, 0.3) is 5.56 Å². The van der Waals surface area contributed by atoms with Gasteiger partial charge in [-0.2, -0.15) is 5.10 Å². The van der Waals surface area contributed by atoms with Gasteiger partial charge < -0.3 is 9.72 Å². The van der Waals surface area contributed by atoms with Gasteiger partial charge in [-0.15, -0.1) is 0 Å². The van der Waals surface area contributed by atoms with Crippen LogP contribution in [0.4, 0.5) is 0 Å². The second-order valence-electron chi connectivity index (χ2n) is 8.15. The van der Waals surface area contributed by atoms with E-state index in [1.807, 2.05) is 33.9 Å². The molecule has 0 aliphatic rings. The third kappa shape index (κ3) is 3.96. The number of pyridine rings is 1. The fourth-order valence-electron chi connectivity index (χ4n) is 4.11. The van der Waals surface area contributed by atoms with Gasteiger partial charge in [-0.25, -0.2) is 9.78 Å². The molecule has 1 N–H and O–H groups in total. The molecule has 0 fully saturated rings. The van der Waals surface area contributed by atoms with Crippen molar-refractivity contribution in [3.05, 3.63) is 56.2 Å². The van der Waals surface area contributed by atoms with Crippen molar-refractivity contribution in [3.8, 4) is 17.1 Å². The number of hydrogen-bond donors (Lipinski definition) is 1. The first-order valence-electron chi connectivity index (χ1n) is 11.1. The molecule has 0 radical (unpaired) electrons. The van der Waals surface area contributed by atoms with Gasteiger partial charge in [-0.3, -0.25) is 23.6 Å². The number of methoxy groups -OCH3 is 1. The number of fused-ring (bicyclic) bond motifs is 1. The van der Waals surface area contributed by atoms with E-state index >= 15 is 0 Å². The average Bonchev–Trinajstić information content (AvgIpc) is 3.44. The molecule has 33 heavy (non-hydrogen) atoms. The van der Waals surface area contributed by atoms with Gasteiger partial charge in [0.2, 0.25) is 0 Å². The summed E-state index contributed by atoms with van der Waals surface area (Å²) in [4.78, 5) is 38.1. The van der Waals surface area contributed by atoms with Crippen molar-refractivity contribution in [1.29, 1.82) is 0 Å². The maximum atomic E-state index is 12.9. The van der Waals surface area contributed by atoms with Crippen molar-refractivity contribution in [1.82, 2.24) is 33.9 Å². The van der Waals surface area contributed by atoms with Crippen molar-refractivity contribution in [2.24, 2.45) is 0 Å². The van der Waals surface area contributed by atoms with E-state index in [0.717, 1.165) is 34.6 Å². The molecule has 0 saturated heterocycles. The Morgan fingerprint density at radius 1 is 1.06 bits per heavy atom. The van der Waals surface area contributed by atoms with Gasteiger partial charge in [0, 0.05) is 36.6 Å². The van der Waals surface area contributed by atoms with Crippen molar-refractivity contribution >= 4 is 11.2 Å². The Bertz CT molecular complexity index is 1420. The summed E-state index contributed by atoms with van der Waals surface area (Å²) in [5, 5.41) is 4.45. The second kappa shape index (κ2) is 9.05. The summed E-state index contributed by atoms with van der Waals surface area (Å²) in [5.41, 5.74) is 3.58. The highest BCUT2D eigenvalue weighted by atomic mass is 16.5. The molecule has 4 aromatic rings. The van der Waals surface area contributed by atoms with E-state index < -0.39 is 0 Å². The molecule has 0 atom stereocenters. The van der Waals surface area contributed by atoms with Gasteiger partial charge in [0.1, 0.15) is 17.1 Å². The van der Waals surface area contributed by atoms with Crippen LogP contribution in [0.15, 0.2) is 28.2 Å². The number of aryl methyl sites for hydroxylation is 2. The monoisotopic (exact) mass is 451 g/mol. The Balaban J connectivity index is 1.74. The van der Waals surface area contributed by atoms with E-state index in [-0.39, 0.29) is 11.2 Å². The van der Waals surface area contributed by atoms with Gasteiger partial charge in [0.05, 0.1) is 31.1 Å². The lowest BCUT2D eigenvalue weighted by molar-refractivity contribution is 0.406. The van der Waals surface area contributed by atoms with E-state index in [1.54, 1.807) is 28.8 Å². The Morgan fingerprint density at radius 2 is 1.79 bits per heavy atom. The van der Waals surface area contributed by atoms with Crippen LogP contribution in [-0.2, 0) is 19.6 Å². The first-order chi connectivity index (χ1) is 15.9. The summed E-state index contributed by atoms with van der Waals surface area (Å²) in [7, 11) is 1.65. The minimum absolute atomic E-state index is 0.320. The maximum absolute atomic E-state index is 12.9. The van der Waals surface area contributed by atoms with E-state index in [2.05, 4.69) is 20.1 Å². The predicted octanol–water partition coefficient (Wildman–Crippen LogP) is 2.64. The number of nitrogens with one attached hydrogen (secondary N) is 1. The molecule has 0 unspecified atom stereocenters. The lowest BCUT2D eigenvalue weighted by Crippen LogP contribution is -2.40. The average molecular weight is 452 g/mol. The summed E-state index contributed by atoms with van der Waals surface area (Å²) in [6.45, 7) is 9.19. The van der Waals surface area contributed by atoms with Crippen LogP contribution in [0.1, 0.15) is 43.5 Å². The second-order valence-corrected chi connectivity index (χ2v) is 8.15. The molecule has 0 bridgehead atoms. The zero-order valence-corrected chi connectivity index (χ0v) is 19.7. The molecule has 174 valence electrons. The highest BCUT2D eigenvalue weighted by Gasteiger charge is 2.18. The van der Waals surface area contributed by atoms with Crippen molar-refractivity contribution in [3.63, 3.8) is 0 Å². The summed E-state index contributed by atoms with van der Waals surface area (Å²) >= 11 is 0. The third-order valence-corrected chi connectivity index (χ3v) is 5.72. The molecule has 0 aliphatic heterocycles. The number of aromatic amines is 1. The molecule has 10 nitrogen and oxygen atoms in total. The van der Waals surface area contributed by atoms with Crippen LogP contribution in [0.3, 0.4) is 0 Å². The van der Waals surface area contributed by atoms with Gasteiger partial charge in [0.15, 0.2) is 5.65 Å². The molecule has 10 heteroatoms. The zero-order chi connectivity index (χ0) is 23.7. The Labute approximate surface area is 190 Å². The van der Waals surface area contributed by atoms with Gasteiger partial charge >= 0.3 is 5.69 Å². The fourth-order valence-corrected chi connectivity index (χ4v) is 4.11. The van der Waals surface area contributed by atoms with Crippen LogP contribution in [0, 0.1) is 13.8 Å². The smallest absolute Gasteiger partial charge is 0.332 e. The third-order valence-electron chi connectivity index (χ3n) is 5.72. The zero-order valence-electron chi connectivity index (χ0n) is 19.7. The summed E-state index contributed by atoms with van der Waals surface area (Å²) < 4.78 is 10.1. The molecule has 4 rings (SSSR count). The number of aromatic nitrogens is 7. The molecule has 0 spiro atoms. The van der Waals surface area contributed by atoms with E-state index in [1.165, 1.54) is 4.57 Å². The number of imidazole rings is 1. The van der Waals surface area contributed by atoms with E-state index in [9.17, 15) is 9.59 Å². The lowest BCUT2D eigenvalue weighted by atomic mass is 10.1. The molecule has 4 heterocycles. The standard InChI is InChI=1S/C23H29N7O3/c1-6-8-29-21-18(22(31)30(9-7-2)23(29)32)26-20(27-21)16-11-25-28(12-16)13-17-15(4)19(33-5)14(3)10-24-17/h10-12H,6-9,13H2,1-5H3,(H,26,27).